The van der Waals surface area contributed by atoms with Gasteiger partial charge >= 0.3 is 0 Å². The molecule has 2 aromatic carbocycles. The summed E-state index contributed by atoms with van der Waals surface area (Å²) in [7, 11) is 1.74. The fraction of sp³-hybridized carbons (Fsp3) is 0.541. The highest BCUT2D eigenvalue weighted by Crippen LogP contribution is 2.29. The normalized spacial score (nSPS) is 18.8. The first-order valence-electron chi connectivity index (χ1n) is 16.4. The summed E-state index contributed by atoms with van der Waals surface area (Å²) in [5, 5.41) is 17.4. The number of aliphatic hydroxyl groups is 1. The lowest BCUT2D eigenvalue weighted by atomic mass is 9.94. The molecule has 1 saturated heterocycles. The maximum Gasteiger partial charge on any atom is 0.247 e. The van der Waals surface area contributed by atoms with E-state index in [1.165, 1.54) is 0 Å². The molecule has 45 heavy (non-hydrogen) atoms. The summed E-state index contributed by atoms with van der Waals surface area (Å²) in [6.07, 6.45) is 3.71. The Morgan fingerprint density at radius 2 is 1.44 bits per heavy atom. The number of nitrogens with one attached hydrogen (secondary N) is 2. The smallest absolute Gasteiger partial charge is 0.247 e. The molecule has 1 aliphatic heterocycles. The van der Waals surface area contributed by atoms with Gasteiger partial charge in [-0.3, -0.25) is 19.3 Å². The van der Waals surface area contributed by atoms with Gasteiger partial charge in [-0.25, -0.2) is 0 Å². The van der Waals surface area contributed by atoms with Crippen LogP contribution in [0.1, 0.15) is 91.0 Å². The van der Waals surface area contributed by atoms with Gasteiger partial charge in [-0.1, -0.05) is 101 Å². The average molecular weight is 619 g/mol. The predicted octanol–water partition coefficient (Wildman–Crippen LogP) is 5.41. The van der Waals surface area contributed by atoms with Gasteiger partial charge in [0.2, 0.25) is 17.7 Å². The molecule has 5 atom stereocenters. The highest BCUT2D eigenvalue weighted by Gasteiger charge is 2.36. The first kappa shape index (κ1) is 36.0. The van der Waals surface area contributed by atoms with Crippen LogP contribution in [0.4, 0.5) is 0 Å². The van der Waals surface area contributed by atoms with E-state index in [0.717, 1.165) is 31.4 Å². The lowest BCUT2D eigenvalue weighted by molar-refractivity contribution is -0.140. The van der Waals surface area contributed by atoms with Crippen LogP contribution in [-0.2, 0) is 14.4 Å². The highest BCUT2D eigenvalue weighted by molar-refractivity contribution is 5.94. The molecular formula is C37H54N4O4. The third-order valence-electron chi connectivity index (χ3n) is 8.90. The number of hydrogen-bond acceptors (Lipinski definition) is 5. The minimum Gasteiger partial charge on any atom is -0.386 e. The summed E-state index contributed by atoms with van der Waals surface area (Å²) in [5.74, 6) is -0.729. The highest BCUT2D eigenvalue weighted by atomic mass is 16.3. The van der Waals surface area contributed by atoms with Crippen LogP contribution < -0.4 is 10.6 Å². The van der Waals surface area contributed by atoms with Gasteiger partial charge in [-0.15, -0.1) is 0 Å². The zero-order valence-corrected chi connectivity index (χ0v) is 28.4. The van der Waals surface area contributed by atoms with Gasteiger partial charge in [0.1, 0.15) is 12.1 Å². The van der Waals surface area contributed by atoms with Gasteiger partial charge in [0.25, 0.3) is 0 Å². The lowest BCUT2D eigenvalue weighted by Gasteiger charge is -2.39. The van der Waals surface area contributed by atoms with E-state index < -0.39 is 24.2 Å². The third-order valence-corrected chi connectivity index (χ3v) is 8.90. The summed E-state index contributed by atoms with van der Waals surface area (Å²) >= 11 is 0. The van der Waals surface area contributed by atoms with Gasteiger partial charge in [0, 0.05) is 18.7 Å². The van der Waals surface area contributed by atoms with Crippen LogP contribution >= 0.6 is 0 Å². The molecule has 1 heterocycles. The number of nitrogens with zero attached hydrogens (tertiary/aromatic N) is 2. The average Bonchev–Trinajstić information content (AvgIpc) is 3.04. The fourth-order valence-electron chi connectivity index (χ4n) is 6.17. The number of piperidine rings is 1. The Morgan fingerprint density at radius 3 is 1.98 bits per heavy atom. The van der Waals surface area contributed by atoms with E-state index >= 15 is 0 Å². The third kappa shape index (κ3) is 9.50. The van der Waals surface area contributed by atoms with E-state index in [2.05, 4.69) is 29.4 Å². The SMILES string of the molecule is C/C(=C\[C@H](C(C)C)N(C)C(=O)[C@@H](NC(=O)[C@H]1CCCCN1C(C)C)C(C)C)C(=O)N[C@@H](c1ccccc1)[C@H](O)c1ccccc1. The quantitative estimate of drug-likeness (QED) is 0.261. The number of amides is 3. The number of likely N-dealkylation sites (N-methyl/N-ethyl adjacent to an activating group) is 1. The van der Waals surface area contributed by atoms with Crippen LogP contribution in [-0.4, -0.2) is 70.4 Å². The number of hydrogen-bond donors (Lipinski definition) is 3. The Balaban J connectivity index is 1.80. The second-order valence-electron chi connectivity index (χ2n) is 13.3. The molecule has 0 bridgehead atoms. The van der Waals surface area contributed by atoms with E-state index in [4.69, 9.17) is 0 Å². The number of likely N-dealkylation sites (tertiary alicyclic amines) is 1. The minimum absolute atomic E-state index is 0.000167. The Kier molecular flexibility index (Phi) is 13.4. The van der Waals surface area contributed by atoms with Gasteiger partial charge in [-0.2, -0.15) is 0 Å². The van der Waals surface area contributed by atoms with E-state index in [1.807, 2.05) is 94.4 Å². The number of carbonyl (C=O) groups excluding carboxylic acids is 3. The maximum absolute atomic E-state index is 14.0. The fourth-order valence-corrected chi connectivity index (χ4v) is 6.17. The van der Waals surface area contributed by atoms with Crippen LogP contribution in [0.25, 0.3) is 0 Å². The molecule has 0 saturated carbocycles. The van der Waals surface area contributed by atoms with Crippen molar-refractivity contribution in [2.24, 2.45) is 11.8 Å². The molecule has 8 heteroatoms. The molecule has 3 N–H and O–H groups in total. The molecule has 3 rings (SSSR count). The van der Waals surface area contributed by atoms with Gasteiger partial charge in [0.15, 0.2) is 0 Å². The maximum atomic E-state index is 14.0. The van der Waals surface area contributed by atoms with Crippen LogP contribution in [0.5, 0.6) is 0 Å². The molecule has 0 aromatic heterocycles. The first-order chi connectivity index (χ1) is 21.3. The number of rotatable bonds is 13. The van der Waals surface area contributed by atoms with Crippen LogP contribution in [0.2, 0.25) is 0 Å². The zero-order valence-electron chi connectivity index (χ0n) is 28.4. The largest absolute Gasteiger partial charge is 0.386 e. The van der Waals surface area contributed by atoms with Crippen LogP contribution in [0.15, 0.2) is 72.3 Å². The van der Waals surface area contributed by atoms with Crippen LogP contribution in [0, 0.1) is 11.8 Å². The van der Waals surface area contributed by atoms with Crippen molar-refractivity contribution in [3.05, 3.63) is 83.4 Å². The van der Waals surface area contributed by atoms with Crippen molar-refractivity contribution in [2.75, 3.05) is 13.6 Å². The van der Waals surface area contributed by atoms with Crippen molar-refractivity contribution in [1.82, 2.24) is 20.4 Å². The van der Waals surface area contributed by atoms with Crippen molar-refractivity contribution >= 4 is 17.7 Å². The van der Waals surface area contributed by atoms with Gasteiger partial charge in [-0.05, 0) is 63.1 Å². The molecule has 3 amide bonds. The predicted molar refractivity (Wildman–Crippen MR) is 180 cm³/mol. The van der Waals surface area contributed by atoms with Crippen molar-refractivity contribution < 1.29 is 19.5 Å². The second kappa shape index (κ2) is 16.7. The molecular weight excluding hydrogens is 564 g/mol. The number of aliphatic hydroxyl groups excluding tert-OH is 1. The molecule has 0 spiro atoms. The Bertz CT molecular complexity index is 1280. The summed E-state index contributed by atoms with van der Waals surface area (Å²) < 4.78 is 0. The van der Waals surface area contributed by atoms with Gasteiger partial charge < -0.3 is 20.6 Å². The summed E-state index contributed by atoms with van der Waals surface area (Å²) in [6, 6.07) is 16.9. The van der Waals surface area contributed by atoms with E-state index in [0.29, 0.717) is 11.1 Å². The van der Waals surface area contributed by atoms with Crippen molar-refractivity contribution in [2.45, 2.75) is 104 Å². The topological polar surface area (TPSA) is 102 Å². The summed E-state index contributed by atoms with van der Waals surface area (Å²) in [5.41, 5.74) is 1.92. The Hall–Kier alpha value is -3.49. The molecule has 246 valence electrons. The molecule has 1 fully saturated rings. The molecule has 1 aliphatic rings. The monoisotopic (exact) mass is 618 g/mol. The van der Waals surface area contributed by atoms with Crippen molar-refractivity contribution in [1.29, 1.82) is 0 Å². The summed E-state index contributed by atoms with van der Waals surface area (Å²) in [4.78, 5) is 44.9. The Morgan fingerprint density at radius 1 is 0.867 bits per heavy atom. The van der Waals surface area contributed by atoms with E-state index in [-0.39, 0.29) is 41.6 Å². The summed E-state index contributed by atoms with van der Waals surface area (Å²) in [6.45, 7) is 14.7. The van der Waals surface area contributed by atoms with E-state index in [9.17, 15) is 19.5 Å². The molecule has 0 aliphatic carbocycles. The Labute approximate surface area is 270 Å². The van der Waals surface area contributed by atoms with Crippen molar-refractivity contribution in [3.8, 4) is 0 Å². The van der Waals surface area contributed by atoms with Gasteiger partial charge in [0.05, 0.1) is 18.1 Å². The second-order valence-corrected chi connectivity index (χ2v) is 13.3. The number of benzene rings is 2. The molecule has 8 nitrogen and oxygen atoms in total. The van der Waals surface area contributed by atoms with E-state index in [1.54, 1.807) is 18.9 Å². The molecule has 2 aromatic rings. The molecule has 0 radical (unpaired) electrons. The first-order valence-corrected chi connectivity index (χ1v) is 16.4. The minimum atomic E-state index is -0.957. The molecule has 0 unspecified atom stereocenters. The standard InChI is InChI=1S/C37H54N4O4/c1-24(2)31(40(8)37(45)32(25(3)4)38-36(44)30-21-15-16-22-41(30)26(5)6)23-27(7)35(43)39-33(28-17-11-9-12-18-28)34(42)29-19-13-10-14-20-29/h9-14,17-20,23-26,30-34,42H,15-16,21-22H2,1-8H3,(H,38,44)(H,39,43)/b27-23+/t30-,31-,32+,33+,34-/m1/s1. The van der Waals surface area contributed by atoms with Crippen LogP contribution in [0.3, 0.4) is 0 Å². The number of carbonyl (C=O) groups is 3. The van der Waals surface area contributed by atoms with Crippen molar-refractivity contribution in [3.63, 3.8) is 0 Å². The lowest BCUT2D eigenvalue weighted by Crippen LogP contribution is -2.58. The zero-order chi connectivity index (χ0) is 33.3.